The molecule has 2 unspecified atom stereocenters. The lowest BCUT2D eigenvalue weighted by atomic mass is 10.1. The molecule has 0 aliphatic carbocycles. The number of nitrogens with zero attached hydrogens (tertiary/aromatic N) is 3. The van der Waals surface area contributed by atoms with Crippen LogP contribution in [0.4, 0.5) is 0 Å². The second-order valence-corrected chi connectivity index (χ2v) is 6.98. The fourth-order valence-electron chi connectivity index (χ4n) is 2.94. The van der Waals surface area contributed by atoms with Gasteiger partial charge in [0.15, 0.2) is 5.96 Å². The van der Waals surface area contributed by atoms with Crippen molar-refractivity contribution >= 4 is 17.8 Å². The van der Waals surface area contributed by atoms with Gasteiger partial charge in [-0.2, -0.15) is 0 Å². The molecule has 0 aromatic rings. The number of rotatable bonds is 5. The van der Waals surface area contributed by atoms with Crippen LogP contribution in [0.3, 0.4) is 0 Å². The Hall–Kier alpha value is -1.83. The van der Waals surface area contributed by atoms with Crippen molar-refractivity contribution in [2.24, 2.45) is 4.99 Å². The largest absolute Gasteiger partial charge is 0.376 e. The molecule has 0 spiro atoms. The predicted octanol–water partition coefficient (Wildman–Crippen LogP) is -0.200. The Kier molecular flexibility index (Phi) is 7.49. The van der Waals surface area contributed by atoms with E-state index < -0.39 is 0 Å². The summed E-state index contributed by atoms with van der Waals surface area (Å²) in [5.41, 5.74) is 0. The van der Waals surface area contributed by atoms with Gasteiger partial charge in [0.1, 0.15) is 6.54 Å². The molecule has 0 saturated carbocycles. The summed E-state index contributed by atoms with van der Waals surface area (Å²) in [6.07, 6.45) is 4.82. The average Bonchev–Trinajstić information content (AvgIpc) is 2.61. The summed E-state index contributed by atoms with van der Waals surface area (Å²) in [5.74, 6) is 0.728. The molecule has 142 valence electrons. The maximum Gasteiger partial charge on any atom is 0.243 e. The summed E-state index contributed by atoms with van der Waals surface area (Å²) in [4.78, 5) is 31.1. The lowest BCUT2D eigenvalue weighted by molar-refractivity contribution is -0.132. The number of carbonyl (C=O) groups excluding carboxylic acids is 2. The molecular formula is C17H31N5O3. The van der Waals surface area contributed by atoms with E-state index in [4.69, 9.17) is 4.74 Å². The first-order valence-electron chi connectivity index (χ1n) is 9.06. The Labute approximate surface area is 150 Å². The van der Waals surface area contributed by atoms with Crippen LogP contribution in [-0.4, -0.2) is 87.1 Å². The van der Waals surface area contributed by atoms with Gasteiger partial charge in [-0.15, -0.1) is 0 Å². The summed E-state index contributed by atoms with van der Waals surface area (Å²) in [7, 11) is 5.25. The van der Waals surface area contributed by atoms with Gasteiger partial charge in [0.25, 0.3) is 0 Å². The second-order valence-electron chi connectivity index (χ2n) is 6.98. The van der Waals surface area contributed by atoms with Crippen LogP contribution in [0.15, 0.2) is 4.99 Å². The number of carbonyl (C=O) groups is 2. The van der Waals surface area contributed by atoms with Crippen molar-refractivity contribution in [2.75, 3.05) is 47.4 Å². The molecule has 2 N–H and O–H groups in total. The highest BCUT2D eigenvalue weighted by atomic mass is 16.5. The summed E-state index contributed by atoms with van der Waals surface area (Å²) in [5, 5.41) is 6.66. The van der Waals surface area contributed by atoms with Crippen molar-refractivity contribution in [1.29, 1.82) is 0 Å². The summed E-state index contributed by atoms with van der Waals surface area (Å²) in [6.45, 7) is 2.21. The second kappa shape index (κ2) is 9.60. The molecule has 2 fully saturated rings. The van der Waals surface area contributed by atoms with E-state index in [2.05, 4.69) is 15.6 Å². The molecular weight excluding hydrogens is 322 g/mol. The fraction of sp³-hybridized carbons (Fsp3) is 0.824. The SMILES string of the molecule is CN(C)C(=O)CN=C(NCC1CCCCO1)NC1CCC(=O)N(C)C1. The number of nitrogens with one attached hydrogen (secondary N) is 2. The first kappa shape index (κ1) is 19.5. The number of hydrogen-bond donors (Lipinski definition) is 2. The highest BCUT2D eigenvalue weighted by Gasteiger charge is 2.24. The predicted molar refractivity (Wildman–Crippen MR) is 96.4 cm³/mol. The van der Waals surface area contributed by atoms with Gasteiger partial charge < -0.3 is 25.2 Å². The number of aliphatic imine (C=N–C) groups is 1. The van der Waals surface area contributed by atoms with E-state index in [-0.39, 0.29) is 30.5 Å². The topological polar surface area (TPSA) is 86.3 Å². The quantitative estimate of drug-likeness (QED) is 0.528. The molecule has 8 nitrogen and oxygen atoms in total. The van der Waals surface area contributed by atoms with E-state index in [9.17, 15) is 9.59 Å². The van der Waals surface area contributed by atoms with Crippen molar-refractivity contribution in [2.45, 2.75) is 44.2 Å². The molecule has 0 bridgehead atoms. The van der Waals surface area contributed by atoms with E-state index in [1.807, 2.05) is 7.05 Å². The monoisotopic (exact) mass is 353 g/mol. The molecule has 2 atom stereocenters. The van der Waals surface area contributed by atoms with Gasteiger partial charge in [-0.25, -0.2) is 4.99 Å². The minimum Gasteiger partial charge on any atom is -0.376 e. The van der Waals surface area contributed by atoms with Crippen LogP contribution in [0.5, 0.6) is 0 Å². The van der Waals surface area contributed by atoms with Gasteiger partial charge in [-0.1, -0.05) is 0 Å². The maximum atomic E-state index is 11.8. The van der Waals surface area contributed by atoms with Crippen LogP contribution in [0, 0.1) is 0 Å². The van der Waals surface area contributed by atoms with E-state index in [0.29, 0.717) is 25.5 Å². The van der Waals surface area contributed by atoms with Gasteiger partial charge >= 0.3 is 0 Å². The van der Waals surface area contributed by atoms with Crippen LogP contribution in [-0.2, 0) is 14.3 Å². The fourth-order valence-corrected chi connectivity index (χ4v) is 2.94. The standard InChI is InChI=1S/C17H31N5O3/c1-21(2)16(24)11-19-17(18-10-14-6-4-5-9-25-14)20-13-7-8-15(23)22(3)12-13/h13-14H,4-12H2,1-3H3,(H2,18,19,20). The van der Waals surface area contributed by atoms with Crippen molar-refractivity contribution in [3.63, 3.8) is 0 Å². The number of ether oxygens (including phenoxy) is 1. The highest BCUT2D eigenvalue weighted by Crippen LogP contribution is 2.12. The minimum absolute atomic E-state index is 0.0500. The van der Waals surface area contributed by atoms with E-state index in [1.54, 1.807) is 19.0 Å². The van der Waals surface area contributed by atoms with Crippen LogP contribution in [0.2, 0.25) is 0 Å². The first-order valence-corrected chi connectivity index (χ1v) is 9.06. The molecule has 2 aliphatic heterocycles. The molecule has 2 amide bonds. The Balaban J connectivity index is 1.91. The number of hydrogen-bond acceptors (Lipinski definition) is 4. The molecule has 2 heterocycles. The molecule has 2 rings (SSSR count). The number of piperidine rings is 1. The molecule has 0 aromatic heterocycles. The molecule has 0 radical (unpaired) electrons. The van der Waals surface area contributed by atoms with Crippen molar-refractivity contribution in [1.82, 2.24) is 20.4 Å². The third-order valence-corrected chi connectivity index (χ3v) is 4.61. The van der Waals surface area contributed by atoms with E-state index in [1.165, 1.54) is 11.3 Å². The number of likely N-dealkylation sites (tertiary alicyclic amines) is 1. The highest BCUT2D eigenvalue weighted by molar-refractivity contribution is 5.85. The van der Waals surface area contributed by atoms with E-state index in [0.717, 1.165) is 25.9 Å². The minimum atomic E-state index is -0.0500. The number of likely N-dealkylation sites (N-methyl/N-ethyl adjacent to an activating group) is 2. The van der Waals surface area contributed by atoms with Gasteiger partial charge in [0.05, 0.1) is 6.10 Å². The van der Waals surface area contributed by atoms with Crippen LogP contribution >= 0.6 is 0 Å². The normalized spacial score (nSPS) is 24.8. The van der Waals surface area contributed by atoms with Gasteiger partial charge in [-0.3, -0.25) is 9.59 Å². The van der Waals surface area contributed by atoms with Crippen LogP contribution < -0.4 is 10.6 Å². The third-order valence-electron chi connectivity index (χ3n) is 4.61. The average molecular weight is 353 g/mol. The van der Waals surface area contributed by atoms with Crippen LogP contribution in [0.1, 0.15) is 32.1 Å². The van der Waals surface area contributed by atoms with Crippen molar-refractivity contribution < 1.29 is 14.3 Å². The lowest BCUT2D eigenvalue weighted by Crippen LogP contribution is -2.53. The molecule has 25 heavy (non-hydrogen) atoms. The Bertz CT molecular complexity index is 489. The summed E-state index contributed by atoms with van der Waals surface area (Å²) >= 11 is 0. The molecule has 2 aliphatic rings. The smallest absolute Gasteiger partial charge is 0.243 e. The summed E-state index contributed by atoms with van der Waals surface area (Å²) < 4.78 is 5.74. The lowest BCUT2D eigenvalue weighted by Gasteiger charge is -2.31. The van der Waals surface area contributed by atoms with Crippen molar-refractivity contribution in [3.8, 4) is 0 Å². The molecule has 0 aromatic carbocycles. The van der Waals surface area contributed by atoms with Gasteiger partial charge in [0.2, 0.25) is 11.8 Å². The molecule has 8 heteroatoms. The zero-order valence-corrected chi connectivity index (χ0v) is 15.6. The third kappa shape index (κ3) is 6.53. The number of amides is 2. The zero-order valence-electron chi connectivity index (χ0n) is 15.6. The maximum absolute atomic E-state index is 11.8. The van der Waals surface area contributed by atoms with Gasteiger partial charge in [0, 0.05) is 53.3 Å². The number of guanidine groups is 1. The molecule has 2 saturated heterocycles. The van der Waals surface area contributed by atoms with Crippen LogP contribution in [0.25, 0.3) is 0 Å². The Morgan fingerprint density at radius 3 is 2.80 bits per heavy atom. The summed E-state index contributed by atoms with van der Waals surface area (Å²) in [6, 6.07) is 0.135. The first-order chi connectivity index (χ1) is 12.0. The van der Waals surface area contributed by atoms with Gasteiger partial charge in [-0.05, 0) is 25.7 Å². The van der Waals surface area contributed by atoms with E-state index >= 15 is 0 Å². The Morgan fingerprint density at radius 1 is 1.36 bits per heavy atom. The Morgan fingerprint density at radius 2 is 2.16 bits per heavy atom. The zero-order chi connectivity index (χ0) is 18.2. The van der Waals surface area contributed by atoms with Crippen molar-refractivity contribution in [3.05, 3.63) is 0 Å².